The van der Waals surface area contributed by atoms with Gasteiger partial charge in [-0.05, 0) is 44.5 Å². The number of para-hydroxylation sites is 2. The molecule has 0 aliphatic carbocycles. The van der Waals surface area contributed by atoms with Gasteiger partial charge in [0, 0.05) is 13.1 Å². The summed E-state index contributed by atoms with van der Waals surface area (Å²) in [6, 6.07) is 8.39. The predicted molar refractivity (Wildman–Crippen MR) is 76.5 cm³/mol. The van der Waals surface area contributed by atoms with Crippen LogP contribution in [0.25, 0.3) is 0 Å². The van der Waals surface area contributed by atoms with Crippen molar-refractivity contribution in [3.8, 4) is 5.75 Å². The van der Waals surface area contributed by atoms with Gasteiger partial charge in [-0.1, -0.05) is 19.1 Å². The first kappa shape index (κ1) is 13.2. The number of rotatable bonds is 3. The summed E-state index contributed by atoms with van der Waals surface area (Å²) in [5.41, 5.74) is 1.24. The second kappa shape index (κ2) is 6.64. The molecule has 100 valence electrons. The fraction of sp³-hybridized carbons (Fsp3) is 0.600. The van der Waals surface area contributed by atoms with E-state index in [1.807, 2.05) is 13.0 Å². The van der Waals surface area contributed by atoms with Gasteiger partial charge >= 0.3 is 0 Å². The van der Waals surface area contributed by atoms with Gasteiger partial charge < -0.3 is 15.0 Å². The maximum Gasteiger partial charge on any atom is 0.142 e. The topological polar surface area (TPSA) is 24.5 Å². The lowest BCUT2D eigenvalue weighted by atomic mass is 10.1. The minimum Gasteiger partial charge on any atom is -0.492 e. The standard InChI is InChI=1S/C15H24N2O/c1-3-18-15-8-5-4-7-14(15)17-10-6-9-16-11-13(2)12-17/h4-5,7-8,13,16H,3,6,9-12H2,1-2H3. The Labute approximate surface area is 110 Å². The van der Waals surface area contributed by atoms with Gasteiger partial charge in [-0.3, -0.25) is 0 Å². The molecule has 0 bridgehead atoms. The van der Waals surface area contributed by atoms with E-state index in [1.165, 1.54) is 12.1 Å². The quantitative estimate of drug-likeness (QED) is 0.889. The van der Waals surface area contributed by atoms with E-state index < -0.39 is 0 Å². The summed E-state index contributed by atoms with van der Waals surface area (Å²) in [5.74, 6) is 1.68. The molecule has 1 aromatic rings. The van der Waals surface area contributed by atoms with Gasteiger partial charge in [0.15, 0.2) is 0 Å². The van der Waals surface area contributed by atoms with Crippen LogP contribution in [0.3, 0.4) is 0 Å². The molecule has 1 unspecified atom stereocenters. The summed E-state index contributed by atoms with van der Waals surface area (Å²) in [4.78, 5) is 2.47. The van der Waals surface area contributed by atoms with Crippen LogP contribution >= 0.6 is 0 Å². The molecule has 1 fully saturated rings. The van der Waals surface area contributed by atoms with Crippen LogP contribution in [-0.2, 0) is 0 Å². The molecule has 3 nitrogen and oxygen atoms in total. The zero-order valence-corrected chi connectivity index (χ0v) is 11.5. The van der Waals surface area contributed by atoms with E-state index >= 15 is 0 Å². The maximum absolute atomic E-state index is 5.74. The molecule has 3 heteroatoms. The zero-order chi connectivity index (χ0) is 12.8. The fourth-order valence-corrected chi connectivity index (χ4v) is 2.49. The Balaban J connectivity index is 2.16. The third-order valence-electron chi connectivity index (χ3n) is 3.31. The third kappa shape index (κ3) is 3.39. The smallest absolute Gasteiger partial charge is 0.142 e. The van der Waals surface area contributed by atoms with E-state index in [9.17, 15) is 0 Å². The lowest BCUT2D eigenvalue weighted by Crippen LogP contribution is -2.39. The largest absolute Gasteiger partial charge is 0.492 e. The van der Waals surface area contributed by atoms with Crippen LogP contribution < -0.4 is 15.0 Å². The Kier molecular flexibility index (Phi) is 4.88. The summed E-state index contributed by atoms with van der Waals surface area (Å²) < 4.78 is 5.74. The Morgan fingerprint density at radius 2 is 2.22 bits per heavy atom. The van der Waals surface area contributed by atoms with Crippen LogP contribution in [0.1, 0.15) is 20.3 Å². The lowest BCUT2D eigenvalue weighted by Gasteiger charge is -2.31. The molecule has 1 saturated heterocycles. The molecule has 1 aliphatic heterocycles. The van der Waals surface area contributed by atoms with Gasteiger partial charge in [0.05, 0.1) is 12.3 Å². The van der Waals surface area contributed by atoms with Gasteiger partial charge in [-0.25, -0.2) is 0 Å². The van der Waals surface area contributed by atoms with Crippen LogP contribution in [-0.4, -0.2) is 32.8 Å². The molecular formula is C15H24N2O. The molecule has 0 radical (unpaired) electrons. The van der Waals surface area contributed by atoms with Gasteiger partial charge in [-0.2, -0.15) is 0 Å². The van der Waals surface area contributed by atoms with Crippen molar-refractivity contribution in [1.82, 2.24) is 5.32 Å². The van der Waals surface area contributed by atoms with E-state index in [1.54, 1.807) is 0 Å². The number of hydrogen-bond donors (Lipinski definition) is 1. The summed E-state index contributed by atoms with van der Waals surface area (Å²) in [5, 5.41) is 3.49. The Hall–Kier alpha value is -1.22. The van der Waals surface area contributed by atoms with Crippen molar-refractivity contribution < 1.29 is 4.74 Å². The minimum atomic E-state index is 0.667. The Morgan fingerprint density at radius 3 is 3.06 bits per heavy atom. The van der Waals surface area contributed by atoms with Crippen LogP contribution in [0.4, 0.5) is 5.69 Å². The fourth-order valence-electron chi connectivity index (χ4n) is 2.49. The number of nitrogens with one attached hydrogen (secondary N) is 1. The lowest BCUT2D eigenvalue weighted by molar-refractivity contribution is 0.339. The highest BCUT2D eigenvalue weighted by Gasteiger charge is 2.16. The monoisotopic (exact) mass is 248 g/mol. The molecule has 0 saturated carbocycles. The molecule has 2 rings (SSSR count). The van der Waals surface area contributed by atoms with E-state index in [0.29, 0.717) is 5.92 Å². The first-order chi connectivity index (χ1) is 8.81. The number of ether oxygens (including phenoxy) is 1. The van der Waals surface area contributed by atoms with Gasteiger partial charge in [0.25, 0.3) is 0 Å². The van der Waals surface area contributed by atoms with Crippen molar-refractivity contribution in [2.24, 2.45) is 5.92 Å². The normalized spacial score (nSPS) is 21.2. The minimum absolute atomic E-state index is 0.667. The molecule has 0 aromatic heterocycles. The molecule has 1 N–H and O–H groups in total. The van der Waals surface area contributed by atoms with E-state index in [2.05, 4.69) is 35.3 Å². The number of benzene rings is 1. The predicted octanol–water partition coefficient (Wildman–Crippen LogP) is 2.52. The molecular weight excluding hydrogens is 224 g/mol. The van der Waals surface area contributed by atoms with Crippen LogP contribution in [0.2, 0.25) is 0 Å². The molecule has 1 atom stereocenters. The van der Waals surface area contributed by atoms with E-state index in [-0.39, 0.29) is 0 Å². The molecule has 1 aliphatic rings. The summed E-state index contributed by atoms with van der Waals surface area (Å²) in [7, 11) is 0. The van der Waals surface area contributed by atoms with Gasteiger partial charge in [0.1, 0.15) is 5.75 Å². The molecule has 1 heterocycles. The van der Waals surface area contributed by atoms with Crippen molar-refractivity contribution in [1.29, 1.82) is 0 Å². The first-order valence-corrected chi connectivity index (χ1v) is 6.98. The van der Waals surface area contributed by atoms with Crippen molar-refractivity contribution in [3.63, 3.8) is 0 Å². The first-order valence-electron chi connectivity index (χ1n) is 6.98. The Bertz CT molecular complexity index is 367. The summed E-state index contributed by atoms with van der Waals surface area (Å²) >= 11 is 0. The maximum atomic E-state index is 5.74. The molecule has 18 heavy (non-hydrogen) atoms. The van der Waals surface area contributed by atoms with Crippen molar-refractivity contribution in [3.05, 3.63) is 24.3 Å². The molecule has 1 aromatic carbocycles. The molecule has 0 amide bonds. The highest BCUT2D eigenvalue weighted by Crippen LogP contribution is 2.29. The number of anilines is 1. The van der Waals surface area contributed by atoms with E-state index in [4.69, 9.17) is 4.74 Å². The average Bonchev–Trinajstić information content (AvgIpc) is 2.35. The zero-order valence-electron chi connectivity index (χ0n) is 11.5. The highest BCUT2D eigenvalue weighted by molar-refractivity contribution is 5.58. The van der Waals surface area contributed by atoms with Crippen molar-refractivity contribution in [2.75, 3.05) is 37.7 Å². The Morgan fingerprint density at radius 1 is 1.39 bits per heavy atom. The van der Waals surface area contributed by atoms with Crippen molar-refractivity contribution >= 4 is 5.69 Å². The second-order valence-electron chi connectivity index (χ2n) is 5.01. The second-order valence-corrected chi connectivity index (χ2v) is 5.01. The SMILES string of the molecule is CCOc1ccccc1N1CCCNCC(C)C1. The van der Waals surface area contributed by atoms with Crippen LogP contribution in [0.15, 0.2) is 24.3 Å². The third-order valence-corrected chi connectivity index (χ3v) is 3.31. The highest BCUT2D eigenvalue weighted by atomic mass is 16.5. The van der Waals surface area contributed by atoms with Gasteiger partial charge in [0.2, 0.25) is 0 Å². The number of nitrogens with zero attached hydrogens (tertiary/aromatic N) is 1. The summed E-state index contributed by atoms with van der Waals surface area (Å²) in [6.45, 7) is 9.47. The average molecular weight is 248 g/mol. The van der Waals surface area contributed by atoms with Crippen molar-refractivity contribution in [2.45, 2.75) is 20.3 Å². The summed E-state index contributed by atoms with van der Waals surface area (Å²) in [6.07, 6.45) is 1.19. The van der Waals surface area contributed by atoms with Crippen LogP contribution in [0, 0.1) is 5.92 Å². The van der Waals surface area contributed by atoms with Crippen LogP contribution in [0.5, 0.6) is 5.75 Å². The molecule has 0 spiro atoms. The van der Waals surface area contributed by atoms with Gasteiger partial charge in [-0.15, -0.1) is 0 Å². The number of hydrogen-bond acceptors (Lipinski definition) is 3. The van der Waals surface area contributed by atoms with E-state index in [0.717, 1.165) is 38.5 Å².